The zero-order valence-corrected chi connectivity index (χ0v) is 18.5. The number of amides is 2. The van der Waals surface area contributed by atoms with Gasteiger partial charge in [-0.3, -0.25) is 9.59 Å². The molecule has 2 aromatic heterocycles. The van der Waals surface area contributed by atoms with Crippen LogP contribution in [0.1, 0.15) is 12.6 Å². The second kappa shape index (κ2) is 8.40. The molecule has 0 saturated carbocycles. The van der Waals surface area contributed by atoms with Crippen LogP contribution in [-0.2, 0) is 16.0 Å². The number of anilines is 2. The highest BCUT2D eigenvalue weighted by atomic mass is 79.9. The third kappa shape index (κ3) is 4.87. The van der Waals surface area contributed by atoms with Gasteiger partial charge in [0.25, 0.3) is 0 Å². The largest absolute Gasteiger partial charge is 0.326 e. The van der Waals surface area contributed by atoms with Crippen LogP contribution in [0, 0.1) is 0 Å². The lowest BCUT2D eigenvalue weighted by molar-refractivity contribution is -0.116. The molecule has 29 heavy (non-hydrogen) atoms. The van der Waals surface area contributed by atoms with Crippen LogP contribution in [-0.4, -0.2) is 21.8 Å². The molecule has 9 heteroatoms. The maximum atomic E-state index is 12.4. The van der Waals surface area contributed by atoms with Gasteiger partial charge in [0.15, 0.2) is 5.13 Å². The number of rotatable bonds is 5. The molecule has 146 valence electrons. The number of hydrogen-bond donors (Lipinski definition) is 2. The highest BCUT2D eigenvalue weighted by Gasteiger charge is 2.11. The summed E-state index contributed by atoms with van der Waals surface area (Å²) in [4.78, 5) is 32.5. The monoisotopic (exact) mass is 486 g/mol. The Hall–Kier alpha value is -2.62. The van der Waals surface area contributed by atoms with E-state index in [1.165, 1.54) is 29.6 Å². The Morgan fingerprint density at radius 3 is 2.76 bits per heavy atom. The van der Waals surface area contributed by atoms with E-state index in [1.54, 1.807) is 6.07 Å². The molecule has 0 bridgehead atoms. The maximum Gasteiger partial charge on any atom is 0.230 e. The summed E-state index contributed by atoms with van der Waals surface area (Å²) in [7, 11) is 0. The van der Waals surface area contributed by atoms with E-state index >= 15 is 0 Å². The second-order valence-electron chi connectivity index (χ2n) is 6.26. The third-order valence-electron chi connectivity index (χ3n) is 3.92. The van der Waals surface area contributed by atoms with E-state index in [2.05, 4.69) is 36.5 Å². The smallest absolute Gasteiger partial charge is 0.230 e. The van der Waals surface area contributed by atoms with Crippen molar-refractivity contribution < 1.29 is 9.59 Å². The third-order valence-corrected chi connectivity index (χ3v) is 6.29. The van der Waals surface area contributed by atoms with Crippen LogP contribution in [0.4, 0.5) is 10.8 Å². The number of nitrogens with zero attached hydrogens (tertiary/aromatic N) is 2. The number of hydrogen-bond acceptors (Lipinski definition) is 6. The first-order valence-corrected chi connectivity index (χ1v) is 11.1. The minimum Gasteiger partial charge on any atom is -0.326 e. The molecule has 0 fully saturated rings. The van der Waals surface area contributed by atoms with E-state index in [0.717, 1.165) is 31.0 Å². The number of nitrogens with one attached hydrogen (secondary N) is 2. The molecule has 0 aliphatic heterocycles. The summed E-state index contributed by atoms with van der Waals surface area (Å²) in [6.45, 7) is 1.44. The quantitative estimate of drug-likeness (QED) is 0.399. The molecule has 0 saturated heterocycles. The standard InChI is InChI=1S/C20H15BrN4O2S2/c1-11(26)22-20-25-16-6-5-14(8-17(16)29-20)23-18(27)9-15-10-28-19(24-15)12-3-2-4-13(21)7-12/h2-8,10H,9H2,1H3,(H,23,27)(H,22,25,26). The van der Waals surface area contributed by atoms with Crippen molar-refractivity contribution in [3.8, 4) is 10.6 Å². The van der Waals surface area contributed by atoms with Crippen LogP contribution in [0.2, 0.25) is 0 Å². The summed E-state index contributed by atoms with van der Waals surface area (Å²) in [5.41, 5.74) is 3.20. The first-order chi connectivity index (χ1) is 14.0. The first-order valence-electron chi connectivity index (χ1n) is 8.64. The minimum atomic E-state index is -0.164. The number of carbonyl (C=O) groups excluding carboxylic acids is 2. The number of halogens is 1. The summed E-state index contributed by atoms with van der Waals surface area (Å²) in [6.07, 6.45) is 0.197. The van der Waals surface area contributed by atoms with Crippen LogP contribution in [0.25, 0.3) is 20.8 Å². The molecular formula is C20H15BrN4O2S2. The number of thiazole rings is 2. The normalized spacial score (nSPS) is 10.8. The van der Waals surface area contributed by atoms with Crippen molar-refractivity contribution in [3.05, 3.63) is 58.0 Å². The molecule has 6 nitrogen and oxygen atoms in total. The predicted octanol–water partition coefficient (Wildman–Crippen LogP) is 5.32. The van der Waals surface area contributed by atoms with Gasteiger partial charge in [-0.05, 0) is 30.3 Å². The van der Waals surface area contributed by atoms with Crippen LogP contribution in [0.5, 0.6) is 0 Å². The fourth-order valence-corrected chi connectivity index (χ4v) is 4.89. The van der Waals surface area contributed by atoms with E-state index in [-0.39, 0.29) is 18.2 Å². The molecule has 0 atom stereocenters. The molecule has 0 aliphatic rings. The van der Waals surface area contributed by atoms with Gasteiger partial charge in [-0.15, -0.1) is 11.3 Å². The van der Waals surface area contributed by atoms with Crippen molar-refractivity contribution in [1.29, 1.82) is 0 Å². The van der Waals surface area contributed by atoms with Crippen molar-refractivity contribution in [3.63, 3.8) is 0 Å². The molecular weight excluding hydrogens is 472 g/mol. The van der Waals surface area contributed by atoms with E-state index in [4.69, 9.17) is 0 Å². The SMILES string of the molecule is CC(=O)Nc1nc2ccc(NC(=O)Cc3csc(-c4cccc(Br)c4)n3)cc2s1. The Morgan fingerprint density at radius 1 is 1.10 bits per heavy atom. The Kier molecular flexibility index (Phi) is 5.70. The summed E-state index contributed by atoms with van der Waals surface area (Å²) in [5.74, 6) is -0.301. The summed E-state index contributed by atoms with van der Waals surface area (Å²) < 4.78 is 1.88. The Morgan fingerprint density at radius 2 is 1.97 bits per heavy atom. The van der Waals surface area contributed by atoms with E-state index in [1.807, 2.05) is 41.8 Å². The molecule has 0 spiro atoms. The Labute approximate surface area is 183 Å². The van der Waals surface area contributed by atoms with Crippen molar-refractivity contribution in [2.45, 2.75) is 13.3 Å². The average molecular weight is 487 g/mol. The van der Waals surface area contributed by atoms with Gasteiger partial charge in [-0.2, -0.15) is 0 Å². The molecule has 2 amide bonds. The number of aromatic nitrogens is 2. The topological polar surface area (TPSA) is 84.0 Å². The average Bonchev–Trinajstić information content (AvgIpc) is 3.27. The molecule has 0 radical (unpaired) electrons. The first kappa shape index (κ1) is 19.7. The van der Waals surface area contributed by atoms with Gasteiger partial charge in [0.1, 0.15) is 5.01 Å². The van der Waals surface area contributed by atoms with Crippen LogP contribution in [0.15, 0.2) is 52.3 Å². The molecule has 2 heterocycles. The summed E-state index contributed by atoms with van der Waals surface area (Å²) >= 11 is 6.34. The van der Waals surface area contributed by atoms with Gasteiger partial charge in [0.2, 0.25) is 11.8 Å². The van der Waals surface area contributed by atoms with Crippen LogP contribution in [0.3, 0.4) is 0 Å². The van der Waals surface area contributed by atoms with E-state index in [0.29, 0.717) is 10.8 Å². The van der Waals surface area contributed by atoms with Crippen LogP contribution < -0.4 is 10.6 Å². The van der Waals surface area contributed by atoms with Gasteiger partial charge < -0.3 is 10.6 Å². The van der Waals surface area contributed by atoms with Gasteiger partial charge in [0.05, 0.1) is 22.3 Å². The number of carbonyl (C=O) groups is 2. The van der Waals surface area contributed by atoms with Crippen molar-refractivity contribution in [1.82, 2.24) is 9.97 Å². The molecule has 4 rings (SSSR count). The molecule has 2 N–H and O–H groups in total. The van der Waals surface area contributed by atoms with Crippen molar-refractivity contribution in [2.24, 2.45) is 0 Å². The Bertz CT molecular complexity index is 1220. The fraction of sp³-hybridized carbons (Fsp3) is 0.100. The van der Waals surface area contributed by atoms with E-state index in [9.17, 15) is 9.59 Å². The van der Waals surface area contributed by atoms with Gasteiger partial charge in [0, 0.05) is 28.0 Å². The highest BCUT2D eigenvalue weighted by Crippen LogP contribution is 2.29. The molecule has 2 aromatic carbocycles. The lowest BCUT2D eigenvalue weighted by Crippen LogP contribution is -2.14. The van der Waals surface area contributed by atoms with Crippen molar-refractivity contribution in [2.75, 3.05) is 10.6 Å². The van der Waals surface area contributed by atoms with Gasteiger partial charge in [-0.25, -0.2) is 9.97 Å². The molecule has 4 aromatic rings. The zero-order valence-electron chi connectivity index (χ0n) is 15.2. The minimum absolute atomic E-state index is 0.137. The lowest BCUT2D eigenvalue weighted by atomic mass is 10.2. The molecule has 0 unspecified atom stereocenters. The molecule has 0 aliphatic carbocycles. The summed E-state index contributed by atoms with van der Waals surface area (Å²) in [5, 5.41) is 8.90. The predicted molar refractivity (Wildman–Crippen MR) is 122 cm³/mol. The van der Waals surface area contributed by atoms with Gasteiger partial charge >= 0.3 is 0 Å². The van der Waals surface area contributed by atoms with Crippen molar-refractivity contribution >= 4 is 71.5 Å². The second-order valence-corrected chi connectivity index (χ2v) is 9.07. The highest BCUT2D eigenvalue weighted by molar-refractivity contribution is 9.10. The number of fused-ring (bicyclic) bond motifs is 1. The number of benzene rings is 2. The van der Waals surface area contributed by atoms with Gasteiger partial charge in [-0.1, -0.05) is 39.4 Å². The Balaban J connectivity index is 1.44. The zero-order chi connectivity index (χ0) is 20.4. The maximum absolute atomic E-state index is 12.4. The fourth-order valence-electron chi connectivity index (χ4n) is 2.72. The van der Waals surface area contributed by atoms with Crippen LogP contribution >= 0.6 is 38.6 Å². The summed E-state index contributed by atoms with van der Waals surface area (Å²) in [6, 6.07) is 13.4. The van der Waals surface area contributed by atoms with E-state index < -0.39 is 0 Å². The lowest BCUT2D eigenvalue weighted by Gasteiger charge is -2.03.